The smallest absolute Gasteiger partial charge is 0.266 e. The van der Waals surface area contributed by atoms with Gasteiger partial charge in [0.1, 0.15) is 10.7 Å². The third kappa shape index (κ3) is 2.85. The summed E-state index contributed by atoms with van der Waals surface area (Å²) in [6, 6.07) is 6.19. The van der Waals surface area contributed by atoms with E-state index in [0.717, 1.165) is 6.07 Å². The van der Waals surface area contributed by atoms with Crippen molar-refractivity contribution in [2.24, 2.45) is 0 Å². The van der Waals surface area contributed by atoms with E-state index in [4.69, 9.17) is 5.73 Å². The molecule has 1 heterocycles. The van der Waals surface area contributed by atoms with Crippen molar-refractivity contribution >= 4 is 21.5 Å². The number of nitrogens with two attached hydrogens (primary N) is 1. The summed E-state index contributed by atoms with van der Waals surface area (Å²) in [5, 5.41) is 0. The number of rotatable bonds is 3. The highest BCUT2D eigenvalue weighted by molar-refractivity contribution is 7.92. The first-order valence-electron chi connectivity index (χ1n) is 5.50. The monoisotopic (exact) mass is 299 g/mol. The van der Waals surface area contributed by atoms with E-state index < -0.39 is 26.6 Å². The lowest BCUT2D eigenvalue weighted by molar-refractivity contribution is 0.486. The molecular formula is C12H11F2N3O2S. The normalized spacial score (nSPS) is 11.3. The van der Waals surface area contributed by atoms with Crippen molar-refractivity contribution in [1.82, 2.24) is 4.98 Å². The molecule has 1 aromatic carbocycles. The molecule has 3 N–H and O–H groups in total. The van der Waals surface area contributed by atoms with E-state index >= 15 is 0 Å². The average Bonchev–Trinajstić information content (AvgIpc) is 2.33. The van der Waals surface area contributed by atoms with Crippen molar-refractivity contribution in [3.05, 3.63) is 47.7 Å². The third-order valence-corrected chi connectivity index (χ3v) is 3.79. The number of hydrogen-bond acceptors (Lipinski definition) is 4. The molecule has 1 aromatic heterocycles. The highest BCUT2D eigenvalue weighted by Crippen LogP contribution is 2.23. The Morgan fingerprint density at radius 1 is 1.25 bits per heavy atom. The van der Waals surface area contributed by atoms with Gasteiger partial charge in [0.05, 0.1) is 0 Å². The van der Waals surface area contributed by atoms with Gasteiger partial charge in [-0.2, -0.15) is 0 Å². The maximum atomic E-state index is 13.6. The lowest BCUT2D eigenvalue weighted by Crippen LogP contribution is -2.16. The van der Waals surface area contributed by atoms with Gasteiger partial charge in [-0.05, 0) is 31.2 Å². The van der Waals surface area contributed by atoms with Gasteiger partial charge in [-0.1, -0.05) is 6.07 Å². The zero-order chi connectivity index (χ0) is 14.9. The molecule has 0 unspecified atom stereocenters. The predicted molar refractivity (Wildman–Crippen MR) is 70.6 cm³/mol. The summed E-state index contributed by atoms with van der Waals surface area (Å²) in [4.78, 5) is 3.06. The molecule has 2 aromatic rings. The topological polar surface area (TPSA) is 85.1 Å². The van der Waals surface area contributed by atoms with E-state index in [2.05, 4.69) is 9.71 Å². The molecular weight excluding hydrogens is 288 g/mol. The van der Waals surface area contributed by atoms with Crippen LogP contribution in [-0.2, 0) is 10.0 Å². The molecule has 5 nitrogen and oxygen atoms in total. The van der Waals surface area contributed by atoms with Crippen molar-refractivity contribution in [1.29, 1.82) is 0 Å². The minimum atomic E-state index is -4.31. The van der Waals surface area contributed by atoms with Gasteiger partial charge in [0.25, 0.3) is 10.0 Å². The summed E-state index contributed by atoms with van der Waals surface area (Å²) in [7, 11) is -4.31. The Morgan fingerprint density at radius 3 is 2.60 bits per heavy atom. The molecule has 0 saturated carbocycles. The van der Waals surface area contributed by atoms with Crippen molar-refractivity contribution in [3.8, 4) is 0 Å². The molecule has 0 aliphatic rings. The summed E-state index contributed by atoms with van der Waals surface area (Å²) in [6.45, 7) is 1.67. The van der Waals surface area contributed by atoms with E-state index in [1.807, 2.05) is 0 Å². The number of nitrogen functional groups attached to an aromatic ring is 1. The molecule has 2 rings (SSSR count). The summed E-state index contributed by atoms with van der Waals surface area (Å²) in [6.07, 6.45) is 0. The molecule has 0 amide bonds. The van der Waals surface area contributed by atoms with Gasteiger partial charge >= 0.3 is 0 Å². The van der Waals surface area contributed by atoms with Crippen LogP contribution in [-0.4, -0.2) is 13.4 Å². The Bertz CT molecular complexity index is 763. The summed E-state index contributed by atoms with van der Waals surface area (Å²) in [5.74, 6) is -2.81. The average molecular weight is 299 g/mol. The number of nitrogens with zero attached hydrogens (tertiary/aromatic N) is 1. The van der Waals surface area contributed by atoms with Crippen molar-refractivity contribution in [3.63, 3.8) is 0 Å². The maximum absolute atomic E-state index is 13.6. The number of pyridine rings is 1. The number of benzene rings is 1. The van der Waals surface area contributed by atoms with Gasteiger partial charge < -0.3 is 5.73 Å². The van der Waals surface area contributed by atoms with Gasteiger partial charge in [0.15, 0.2) is 11.6 Å². The van der Waals surface area contributed by atoms with Crippen LogP contribution in [0, 0.1) is 18.6 Å². The molecule has 8 heteroatoms. The van der Waals surface area contributed by atoms with Gasteiger partial charge in [0, 0.05) is 11.4 Å². The number of nitrogens with one attached hydrogen (secondary N) is 1. The fourth-order valence-electron chi connectivity index (χ4n) is 1.57. The highest BCUT2D eigenvalue weighted by atomic mass is 32.2. The number of halogens is 2. The SMILES string of the molecule is Cc1cccc(NS(=O)(=O)c2cc(N)cc(F)c2F)n1. The van der Waals surface area contributed by atoms with Crippen molar-refractivity contribution in [2.45, 2.75) is 11.8 Å². The molecule has 0 fully saturated rings. The molecule has 0 aliphatic carbocycles. The zero-order valence-electron chi connectivity index (χ0n) is 10.4. The largest absolute Gasteiger partial charge is 0.399 e. The number of sulfonamides is 1. The lowest BCUT2D eigenvalue weighted by Gasteiger charge is -2.09. The van der Waals surface area contributed by atoms with Crippen molar-refractivity contribution < 1.29 is 17.2 Å². The molecule has 106 valence electrons. The number of hydrogen-bond donors (Lipinski definition) is 2. The zero-order valence-corrected chi connectivity index (χ0v) is 11.2. The molecule has 0 spiro atoms. The van der Waals surface area contributed by atoms with E-state index in [-0.39, 0.29) is 11.5 Å². The number of anilines is 2. The lowest BCUT2D eigenvalue weighted by atomic mass is 10.3. The Labute approximate surface area is 114 Å². The second-order valence-electron chi connectivity index (χ2n) is 4.08. The van der Waals surface area contributed by atoms with Crippen LogP contribution < -0.4 is 10.5 Å². The first-order valence-corrected chi connectivity index (χ1v) is 6.99. The highest BCUT2D eigenvalue weighted by Gasteiger charge is 2.23. The van der Waals surface area contributed by atoms with Crippen LogP contribution in [0.1, 0.15) is 5.69 Å². The second-order valence-corrected chi connectivity index (χ2v) is 5.74. The van der Waals surface area contributed by atoms with Crippen LogP contribution in [0.15, 0.2) is 35.2 Å². The van der Waals surface area contributed by atoms with E-state index in [1.54, 1.807) is 19.1 Å². The Balaban J connectivity index is 2.46. The van der Waals surface area contributed by atoms with Gasteiger partial charge in [0.2, 0.25) is 0 Å². The predicted octanol–water partition coefficient (Wildman–Crippen LogP) is 2.05. The second kappa shape index (κ2) is 5.04. The summed E-state index contributed by atoms with van der Waals surface area (Å²) < 4.78 is 52.9. The van der Waals surface area contributed by atoms with Crippen LogP contribution in [0.4, 0.5) is 20.3 Å². The number of aryl methyl sites for hydroxylation is 1. The fraction of sp³-hybridized carbons (Fsp3) is 0.0833. The van der Waals surface area contributed by atoms with Crippen LogP contribution in [0.5, 0.6) is 0 Å². The Hall–Kier alpha value is -2.22. The quantitative estimate of drug-likeness (QED) is 0.849. The van der Waals surface area contributed by atoms with Crippen molar-refractivity contribution in [2.75, 3.05) is 10.5 Å². The summed E-state index contributed by atoms with van der Waals surface area (Å²) >= 11 is 0. The Kier molecular flexibility index (Phi) is 3.58. The van der Waals surface area contributed by atoms with E-state index in [0.29, 0.717) is 11.8 Å². The van der Waals surface area contributed by atoms with Gasteiger partial charge in [-0.25, -0.2) is 22.2 Å². The van der Waals surface area contributed by atoms with Crippen LogP contribution in [0.2, 0.25) is 0 Å². The van der Waals surface area contributed by atoms with E-state index in [9.17, 15) is 17.2 Å². The first kappa shape index (κ1) is 14.2. The number of aromatic nitrogens is 1. The van der Waals surface area contributed by atoms with Gasteiger partial charge in [-0.15, -0.1) is 0 Å². The Morgan fingerprint density at radius 2 is 1.95 bits per heavy atom. The van der Waals surface area contributed by atoms with Gasteiger partial charge in [-0.3, -0.25) is 4.72 Å². The summed E-state index contributed by atoms with van der Waals surface area (Å²) in [5.41, 5.74) is 5.71. The minimum Gasteiger partial charge on any atom is -0.399 e. The maximum Gasteiger partial charge on any atom is 0.266 e. The molecule has 0 atom stereocenters. The standard InChI is InChI=1S/C12H11F2N3O2S/c1-7-3-2-4-11(16-7)17-20(18,19)10-6-8(15)5-9(13)12(10)14/h2-6H,15H2,1H3,(H,16,17). The van der Waals surface area contributed by atoms with Crippen LogP contribution in [0.3, 0.4) is 0 Å². The van der Waals surface area contributed by atoms with E-state index in [1.165, 1.54) is 6.07 Å². The third-order valence-electron chi connectivity index (χ3n) is 2.43. The molecule has 0 saturated heterocycles. The van der Waals surface area contributed by atoms with Crippen LogP contribution in [0.25, 0.3) is 0 Å². The molecule has 0 bridgehead atoms. The first-order chi connectivity index (χ1) is 9.29. The fourth-order valence-corrected chi connectivity index (χ4v) is 2.70. The minimum absolute atomic E-state index is 0.00670. The molecule has 0 radical (unpaired) electrons. The molecule has 0 aliphatic heterocycles. The van der Waals surface area contributed by atoms with Crippen LogP contribution >= 0.6 is 0 Å². The molecule has 20 heavy (non-hydrogen) atoms.